The number of rotatable bonds is 0. The van der Waals surface area contributed by atoms with E-state index in [0.29, 0.717) is 18.5 Å². The zero-order chi connectivity index (χ0) is 17.7. The molecule has 1 aromatic carbocycles. The molecule has 2 aliphatic rings. The van der Waals surface area contributed by atoms with Crippen molar-refractivity contribution >= 4 is 23.6 Å². The molecule has 2 aliphatic heterocycles. The normalized spacial score (nSPS) is 23.7. The summed E-state index contributed by atoms with van der Waals surface area (Å²) in [6.07, 6.45) is 0.520. The molecule has 0 saturated carbocycles. The van der Waals surface area contributed by atoms with Crippen molar-refractivity contribution < 1.29 is 19.1 Å². The maximum Gasteiger partial charge on any atom is 0.421 e. The van der Waals surface area contributed by atoms with Gasteiger partial charge in [0.25, 0.3) is 11.8 Å². The molecule has 24 heavy (non-hydrogen) atoms. The Bertz CT molecular complexity index is 722. The lowest BCUT2D eigenvalue weighted by molar-refractivity contribution is -0.126. The quantitative estimate of drug-likeness (QED) is 0.733. The van der Waals surface area contributed by atoms with E-state index in [0.717, 1.165) is 11.3 Å². The molecule has 0 N–H and O–H groups in total. The Hall–Kier alpha value is -2.37. The Kier molecular flexibility index (Phi) is 3.66. The average Bonchev–Trinajstić information content (AvgIpc) is 2.86. The molecule has 1 atom stereocenters. The van der Waals surface area contributed by atoms with Gasteiger partial charge in [0.1, 0.15) is 11.1 Å². The number of amides is 3. The zero-order valence-corrected chi connectivity index (χ0v) is 14.5. The number of hydrogen-bond acceptors (Lipinski definition) is 4. The lowest BCUT2D eigenvalue weighted by Crippen LogP contribution is -2.56. The third-order valence-corrected chi connectivity index (χ3v) is 4.50. The van der Waals surface area contributed by atoms with Crippen LogP contribution < -0.4 is 4.90 Å². The van der Waals surface area contributed by atoms with Crippen LogP contribution in [0, 0.1) is 0 Å². The number of carbonyl (C=O) groups is 3. The largest absolute Gasteiger partial charge is 0.443 e. The number of para-hydroxylation sites is 1. The first kappa shape index (κ1) is 16.5. The summed E-state index contributed by atoms with van der Waals surface area (Å²) >= 11 is 0. The first-order chi connectivity index (χ1) is 11.1. The molecule has 128 valence electrons. The lowest BCUT2D eigenvalue weighted by Gasteiger charge is -2.34. The van der Waals surface area contributed by atoms with E-state index in [1.165, 1.54) is 0 Å². The van der Waals surface area contributed by atoms with Crippen molar-refractivity contribution in [2.24, 2.45) is 0 Å². The highest BCUT2D eigenvalue weighted by molar-refractivity contribution is 6.22. The third kappa shape index (κ3) is 2.46. The van der Waals surface area contributed by atoms with Crippen molar-refractivity contribution in [2.45, 2.75) is 51.7 Å². The van der Waals surface area contributed by atoms with E-state index in [1.54, 1.807) is 56.9 Å². The molecular weight excluding hydrogens is 308 g/mol. The van der Waals surface area contributed by atoms with E-state index in [-0.39, 0.29) is 11.6 Å². The number of ether oxygens (including phenoxy) is 1. The van der Waals surface area contributed by atoms with E-state index in [2.05, 4.69) is 0 Å². The molecule has 0 radical (unpaired) electrons. The highest BCUT2D eigenvalue weighted by Gasteiger charge is 2.53. The SMILES string of the molecule is CC(C)(C)OC(=O)N1C(=O)[C@@]2(C)CCCN2C(=O)c2ccccc21. The predicted octanol–water partition coefficient (Wildman–Crippen LogP) is 2.96. The van der Waals surface area contributed by atoms with Gasteiger partial charge in [0.2, 0.25) is 0 Å². The molecule has 3 rings (SSSR count). The van der Waals surface area contributed by atoms with Gasteiger partial charge < -0.3 is 9.64 Å². The molecule has 6 heteroatoms. The number of hydrogen-bond donors (Lipinski definition) is 0. The Morgan fingerprint density at radius 3 is 2.54 bits per heavy atom. The summed E-state index contributed by atoms with van der Waals surface area (Å²) in [6.45, 7) is 7.47. The van der Waals surface area contributed by atoms with Crippen molar-refractivity contribution in [1.29, 1.82) is 0 Å². The maximum absolute atomic E-state index is 13.2. The molecule has 0 bridgehead atoms. The molecule has 0 aromatic heterocycles. The number of fused-ring (bicyclic) bond motifs is 2. The van der Waals surface area contributed by atoms with Crippen LogP contribution in [0.2, 0.25) is 0 Å². The second-order valence-corrected chi connectivity index (χ2v) is 7.47. The Morgan fingerprint density at radius 2 is 1.88 bits per heavy atom. The van der Waals surface area contributed by atoms with Crippen molar-refractivity contribution in [1.82, 2.24) is 4.90 Å². The number of imide groups is 1. The van der Waals surface area contributed by atoms with Gasteiger partial charge in [-0.25, -0.2) is 9.69 Å². The minimum absolute atomic E-state index is 0.218. The van der Waals surface area contributed by atoms with Crippen molar-refractivity contribution in [2.75, 3.05) is 11.4 Å². The van der Waals surface area contributed by atoms with Gasteiger partial charge in [0, 0.05) is 6.54 Å². The molecule has 0 aliphatic carbocycles. The van der Waals surface area contributed by atoms with Gasteiger partial charge >= 0.3 is 6.09 Å². The zero-order valence-electron chi connectivity index (χ0n) is 14.5. The second-order valence-electron chi connectivity index (χ2n) is 7.47. The van der Waals surface area contributed by atoms with Gasteiger partial charge in [-0.05, 0) is 52.7 Å². The van der Waals surface area contributed by atoms with Gasteiger partial charge in [0.15, 0.2) is 0 Å². The smallest absolute Gasteiger partial charge is 0.421 e. The standard InChI is InChI=1S/C18H22N2O4/c1-17(2,3)24-16(23)20-13-9-6-5-8-12(13)14(21)19-11-7-10-18(19,4)15(20)22/h5-6,8-9H,7,10-11H2,1-4H3/t18-/m1/s1. The van der Waals surface area contributed by atoms with E-state index in [9.17, 15) is 14.4 Å². The van der Waals surface area contributed by atoms with Gasteiger partial charge in [0.05, 0.1) is 11.3 Å². The molecular formula is C18H22N2O4. The van der Waals surface area contributed by atoms with Gasteiger partial charge in [-0.2, -0.15) is 0 Å². The molecule has 0 spiro atoms. The number of carbonyl (C=O) groups excluding carboxylic acids is 3. The minimum atomic E-state index is -1.02. The molecule has 0 unspecified atom stereocenters. The molecule has 1 saturated heterocycles. The van der Waals surface area contributed by atoms with Crippen LogP contribution in [0.4, 0.5) is 10.5 Å². The van der Waals surface area contributed by atoms with Crippen molar-refractivity contribution in [3.63, 3.8) is 0 Å². The van der Waals surface area contributed by atoms with E-state index in [4.69, 9.17) is 4.74 Å². The van der Waals surface area contributed by atoms with Crippen LogP contribution in [0.25, 0.3) is 0 Å². The topological polar surface area (TPSA) is 66.9 Å². The summed E-state index contributed by atoms with van der Waals surface area (Å²) in [7, 11) is 0. The van der Waals surface area contributed by atoms with Gasteiger partial charge in [-0.15, -0.1) is 0 Å². The maximum atomic E-state index is 13.2. The monoisotopic (exact) mass is 330 g/mol. The summed E-state index contributed by atoms with van der Waals surface area (Å²) in [6, 6.07) is 6.69. The van der Waals surface area contributed by atoms with Crippen LogP contribution in [0.15, 0.2) is 24.3 Å². The van der Waals surface area contributed by atoms with E-state index < -0.39 is 23.1 Å². The van der Waals surface area contributed by atoms with E-state index >= 15 is 0 Å². The molecule has 3 amide bonds. The average molecular weight is 330 g/mol. The van der Waals surface area contributed by atoms with Crippen LogP contribution >= 0.6 is 0 Å². The molecule has 2 heterocycles. The number of benzene rings is 1. The Morgan fingerprint density at radius 1 is 1.21 bits per heavy atom. The highest BCUT2D eigenvalue weighted by atomic mass is 16.6. The summed E-state index contributed by atoms with van der Waals surface area (Å²) in [5, 5.41) is 0. The fraction of sp³-hybridized carbons (Fsp3) is 0.500. The third-order valence-electron chi connectivity index (χ3n) is 4.50. The van der Waals surface area contributed by atoms with Gasteiger partial charge in [-0.1, -0.05) is 12.1 Å². The van der Waals surface area contributed by atoms with Gasteiger partial charge in [-0.3, -0.25) is 9.59 Å². The summed E-state index contributed by atoms with van der Waals surface area (Å²) in [5.41, 5.74) is -1.12. The van der Waals surface area contributed by atoms with Crippen LogP contribution in [-0.4, -0.2) is 40.5 Å². The van der Waals surface area contributed by atoms with Crippen LogP contribution in [0.1, 0.15) is 50.9 Å². The Labute approximate surface area is 141 Å². The predicted molar refractivity (Wildman–Crippen MR) is 88.8 cm³/mol. The second kappa shape index (κ2) is 5.33. The minimum Gasteiger partial charge on any atom is -0.443 e. The lowest BCUT2D eigenvalue weighted by atomic mass is 9.97. The fourth-order valence-electron chi connectivity index (χ4n) is 3.35. The molecule has 1 fully saturated rings. The first-order valence-corrected chi connectivity index (χ1v) is 8.14. The van der Waals surface area contributed by atoms with Crippen molar-refractivity contribution in [3.05, 3.63) is 29.8 Å². The summed E-state index contributed by atoms with van der Waals surface area (Å²) in [4.78, 5) is 41.5. The summed E-state index contributed by atoms with van der Waals surface area (Å²) < 4.78 is 5.43. The number of nitrogens with zero attached hydrogens (tertiary/aromatic N) is 2. The molecule has 6 nitrogen and oxygen atoms in total. The Balaban J connectivity index is 2.15. The van der Waals surface area contributed by atoms with Crippen molar-refractivity contribution in [3.8, 4) is 0 Å². The fourth-order valence-corrected chi connectivity index (χ4v) is 3.35. The highest BCUT2D eigenvalue weighted by Crippen LogP contribution is 2.39. The van der Waals surface area contributed by atoms with E-state index in [1.807, 2.05) is 0 Å². The number of anilines is 1. The van der Waals surface area contributed by atoms with Crippen LogP contribution in [-0.2, 0) is 9.53 Å². The first-order valence-electron chi connectivity index (χ1n) is 8.14. The molecule has 1 aromatic rings. The van der Waals surface area contributed by atoms with Crippen LogP contribution in [0.3, 0.4) is 0 Å². The van der Waals surface area contributed by atoms with Crippen LogP contribution in [0.5, 0.6) is 0 Å². The summed E-state index contributed by atoms with van der Waals surface area (Å²) in [5.74, 6) is -0.627.